The van der Waals surface area contributed by atoms with Crippen LogP contribution in [0.25, 0.3) is 0 Å². The fraction of sp³-hybridized carbons (Fsp3) is 0.545. The molecule has 84 valence electrons. The fourth-order valence-corrected chi connectivity index (χ4v) is 1.59. The van der Waals surface area contributed by atoms with Crippen LogP contribution in [-0.4, -0.2) is 11.5 Å². The standard InChI is InChI=1S/C11H18ClN3/c1-2-3-4-5-6-14-11-8-9(13)7-10(12)15-11/h7-8H,2-6H2,1H3,(H3,13,14,15). The smallest absolute Gasteiger partial charge is 0.133 e. The van der Waals surface area contributed by atoms with Crippen molar-refractivity contribution in [3.63, 3.8) is 0 Å². The maximum Gasteiger partial charge on any atom is 0.133 e. The van der Waals surface area contributed by atoms with Crippen LogP contribution >= 0.6 is 11.6 Å². The Labute approximate surface area is 96.0 Å². The van der Waals surface area contributed by atoms with E-state index >= 15 is 0 Å². The molecule has 0 spiro atoms. The van der Waals surface area contributed by atoms with Gasteiger partial charge in [-0.15, -0.1) is 0 Å². The Morgan fingerprint density at radius 3 is 2.80 bits per heavy atom. The van der Waals surface area contributed by atoms with Crippen LogP contribution in [0, 0.1) is 0 Å². The van der Waals surface area contributed by atoms with Gasteiger partial charge in [0.25, 0.3) is 0 Å². The van der Waals surface area contributed by atoms with Gasteiger partial charge in [0.2, 0.25) is 0 Å². The predicted molar refractivity (Wildman–Crippen MR) is 66.3 cm³/mol. The van der Waals surface area contributed by atoms with Crippen LogP contribution in [-0.2, 0) is 0 Å². The molecule has 1 heterocycles. The molecule has 3 nitrogen and oxygen atoms in total. The number of rotatable bonds is 6. The Kier molecular flexibility index (Phi) is 5.26. The summed E-state index contributed by atoms with van der Waals surface area (Å²) in [5, 5.41) is 3.65. The number of hydrogen-bond donors (Lipinski definition) is 2. The third-order valence-corrected chi connectivity index (χ3v) is 2.35. The minimum absolute atomic E-state index is 0.436. The predicted octanol–water partition coefficient (Wildman–Crippen LogP) is 3.31. The maximum absolute atomic E-state index is 5.78. The van der Waals surface area contributed by atoms with Gasteiger partial charge in [-0.05, 0) is 12.5 Å². The minimum atomic E-state index is 0.436. The molecule has 0 bridgehead atoms. The average Bonchev–Trinajstić information content (AvgIpc) is 2.16. The van der Waals surface area contributed by atoms with Gasteiger partial charge < -0.3 is 11.1 Å². The van der Waals surface area contributed by atoms with E-state index in [1.807, 2.05) is 0 Å². The molecule has 15 heavy (non-hydrogen) atoms. The lowest BCUT2D eigenvalue weighted by Crippen LogP contribution is -2.04. The van der Waals surface area contributed by atoms with Crippen molar-refractivity contribution < 1.29 is 0 Å². The van der Waals surface area contributed by atoms with Crippen LogP contribution in [0.5, 0.6) is 0 Å². The Hall–Kier alpha value is -0.960. The number of unbranched alkanes of at least 4 members (excludes halogenated alkanes) is 3. The van der Waals surface area contributed by atoms with Crippen LogP contribution in [0.4, 0.5) is 11.5 Å². The third kappa shape index (κ3) is 4.88. The number of anilines is 2. The van der Waals surface area contributed by atoms with Crippen molar-refractivity contribution in [2.24, 2.45) is 0 Å². The SMILES string of the molecule is CCCCCCNc1cc(N)cc(Cl)n1. The molecule has 0 aromatic carbocycles. The van der Waals surface area contributed by atoms with Gasteiger partial charge in [0.1, 0.15) is 11.0 Å². The summed E-state index contributed by atoms with van der Waals surface area (Å²) in [7, 11) is 0. The Morgan fingerprint density at radius 1 is 1.33 bits per heavy atom. The summed E-state index contributed by atoms with van der Waals surface area (Å²) in [5.74, 6) is 0.761. The molecule has 4 heteroatoms. The largest absolute Gasteiger partial charge is 0.399 e. The lowest BCUT2D eigenvalue weighted by atomic mass is 10.2. The fourth-order valence-electron chi connectivity index (χ4n) is 1.38. The Bertz CT molecular complexity index is 282. The molecule has 1 aromatic rings. The van der Waals surface area contributed by atoms with Crippen molar-refractivity contribution in [1.82, 2.24) is 4.98 Å². The molecule has 0 amide bonds. The van der Waals surface area contributed by atoms with Crippen LogP contribution in [0.2, 0.25) is 5.15 Å². The molecule has 1 aromatic heterocycles. The van der Waals surface area contributed by atoms with E-state index in [0.717, 1.165) is 18.8 Å². The lowest BCUT2D eigenvalue weighted by molar-refractivity contribution is 0.684. The molecule has 0 aliphatic rings. The summed E-state index contributed by atoms with van der Waals surface area (Å²) in [4.78, 5) is 4.13. The monoisotopic (exact) mass is 227 g/mol. The quantitative estimate of drug-likeness (QED) is 0.579. The van der Waals surface area contributed by atoms with Gasteiger partial charge in [-0.1, -0.05) is 37.8 Å². The first-order valence-electron chi connectivity index (χ1n) is 5.39. The van der Waals surface area contributed by atoms with E-state index in [-0.39, 0.29) is 0 Å². The number of hydrogen-bond acceptors (Lipinski definition) is 3. The van der Waals surface area contributed by atoms with Crippen LogP contribution < -0.4 is 11.1 Å². The number of aromatic nitrogens is 1. The van der Waals surface area contributed by atoms with Crippen LogP contribution in [0.3, 0.4) is 0 Å². The van der Waals surface area contributed by atoms with Crippen molar-refractivity contribution in [3.8, 4) is 0 Å². The van der Waals surface area contributed by atoms with Gasteiger partial charge in [0, 0.05) is 18.3 Å². The van der Waals surface area contributed by atoms with Crippen molar-refractivity contribution in [2.45, 2.75) is 32.6 Å². The molecule has 0 aliphatic heterocycles. The molecule has 0 saturated carbocycles. The molecule has 0 aliphatic carbocycles. The number of halogens is 1. The maximum atomic E-state index is 5.78. The zero-order valence-electron chi connectivity index (χ0n) is 9.09. The Morgan fingerprint density at radius 2 is 2.13 bits per heavy atom. The summed E-state index contributed by atoms with van der Waals surface area (Å²) in [6.07, 6.45) is 4.94. The van der Waals surface area contributed by atoms with E-state index in [4.69, 9.17) is 17.3 Å². The normalized spacial score (nSPS) is 10.3. The highest BCUT2D eigenvalue weighted by molar-refractivity contribution is 6.29. The highest BCUT2D eigenvalue weighted by Crippen LogP contribution is 2.15. The second kappa shape index (κ2) is 6.51. The molecule has 0 unspecified atom stereocenters. The highest BCUT2D eigenvalue weighted by Gasteiger charge is 1.97. The van der Waals surface area contributed by atoms with Gasteiger partial charge in [-0.25, -0.2) is 4.98 Å². The molecular formula is C11H18ClN3. The molecule has 1 rings (SSSR count). The van der Waals surface area contributed by atoms with Crippen molar-refractivity contribution in [3.05, 3.63) is 17.3 Å². The van der Waals surface area contributed by atoms with E-state index in [2.05, 4.69) is 17.2 Å². The first-order valence-corrected chi connectivity index (χ1v) is 5.77. The molecule has 3 N–H and O–H groups in total. The minimum Gasteiger partial charge on any atom is -0.399 e. The summed E-state index contributed by atoms with van der Waals surface area (Å²) < 4.78 is 0. The van der Waals surface area contributed by atoms with Crippen molar-refractivity contribution in [2.75, 3.05) is 17.6 Å². The number of nitrogens with two attached hydrogens (primary N) is 1. The first-order chi connectivity index (χ1) is 7.22. The molecular weight excluding hydrogens is 210 g/mol. The van der Waals surface area contributed by atoms with E-state index in [1.165, 1.54) is 19.3 Å². The lowest BCUT2D eigenvalue weighted by Gasteiger charge is -2.06. The van der Waals surface area contributed by atoms with Gasteiger partial charge in [-0.2, -0.15) is 0 Å². The van der Waals surface area contributed by atoms with Gasteiger partial charge >= 0.3 is 0 Å². The third-order valence-electron chi connectivity index (χ3n) is 2.15. The average molecular weight is 228 g/mol. The van der Waals surface area contributed by atoms with Crippen molar-refractivity contribution in [1.29, 1.82) is 0 Å². The highest BCUT2D eigenvalue weighted by atomic mass is 35.5. The number of nitrogens with one attached hydrogen (secondary N) is 1. The number of pyridine rings is 1. The van der Waals surface area contributed by atoms with Crippen molar-refractivity contribution >= 4 is 23.1 Å². The van der Waals surface area contributed by atoms with E-state index < -0.39 is 0 Å². The van der Waals surface area contributed by atoms with Gasteiger partial charge in [-0.3, -0.25) is 0 Å². The summed E-state index contributed by atoms with van der Waals surface area (Å²) in [6.45, 7) is 3.12. The number of nitrogens with zero attached hydrogens (tertiary/aromatic N) is 1. The van der Waals surface area contributed by atoms with Crippen LogP contribution in [0.15, 0.2) is 12.1 Å². The molecule has 0 atom stereocenters. The first kappa shape index (κ1) is 12.1. The summed E-state index contributed by atoms with van der Waals surface area (Å²) in [5.41, 5.74) is 6.29. The zero-order chi connectivity index (χ0) is 11.1. The Balaban J connectivity index is 2.31. The topological polar surface area (TPSA) is 50.9 Å². The molecule has 0 saturated heterocycles. The molecule has 0 fully saturated rings. The zero-order valence-corrected chi connectivity index (χ0v) is 9.85. The van der Waals surface area contributed by atoms with Gasteiger partial charge in [0.15, 0.2) is 0 Å². The van der Waals surface area contributed by atoms with Gasteiger partial charge in [0.05, 0.1) is 0 Å². The van der Waals surface area contributed by atoms with Crippen LogP contribution in [0.1, 0.15) is 32.6 Å². The summed E-state index contributed by atoms with van der Waals surface area (Å²) in [6, 6.07) is 3.44. The van der Waals surface area contributed by atoms with E-state index in [1.54, 1.807) is 12.1 Å². The summed E-state index contributed by atoms with van der Waals surface area (Å²) >= 11 is 5.78. The van der Waals surface area contributed by atoms with E-state index in [0.29, 0.717) is 10.8 Å². The second-order valence-electron chi connectivity index (χ2n) is 3.60. The second-order valence-corrected chi connectivity index (χ2v) is 3.98. The van der Waals surface area contributed by atoms with E-state index in [9.17, 15) is 0 Å². The molecule has 0 radical (unpaired) electrons. The number of nitrogen functional groups attached to an aromatic ring is 1.